The third-order valence-corrected chi connectivity index (χ3v) is 5.59. The molecule has 156 valence electrons. The molecule has 1 aromatic rings. The van der Waals surface area contributed by atoms with Gasteiger partial charge in [0.2, 0.25) is 10.0 Å². The van der Waals surface area contributed by atoms with Crippen LogP contribution in [0.4, 0.5) is 0 Å². The number of aromatic nitrogens is 1. The van der Waals surface area contributed by atoms with E-state index in [-0.39, 0.29) is 29.7 Å². The van der Waals surface area contributed by atoms with Crippen molar-refractivity contribution in [3.63, 3.8) is 0 Å². The summed E-state index contributed by atoms with van der Waals surface area (Å²) in [6, 6.07) is 1.89. The molecule has 2 rings (SSSR count). The largest absolute Gasteiger partial charge is 0.364 e. The van der Waals surface area contributed by atoms with E-state index in [1.54, 1.807) is 13.2 Å². The van der Waals surface area contributed by atoms with Crippen molar-refractivity contribution in [1.29, 1.82) is 0 Å². The maximum Gasteiger partial charge on any atom is 0.211 e. The van der Waals surface area contributed by atoms with Gasteiger partial charge < -0.3 is 14.7 Å². The second-order valence-electron chi connectivity index (χ2n) is 6.14. The van der Waals surface area contributed by atoms with Gasteiger partial charge in [-0.2, -0.15) is 0 Å². The first-order chi connectivity index (χ1) is 12.5. The molecule has 1 saturated heterocycles. The zero-order chi connectivity index (χ0) is 18.8. The monoisotopic (exact) mass is 514 g/mol. The summed E-state index contributed by atoms with van der Waals surface area (Å²) >= 11 is 0. The smallest absolute Gasteiger partial charge is 0.211 e. The summed E-state index contributed by atoms with van der Waals surface area (Å²) in [6.45, 7) is 9.96. The highest BCUT2D eigenvalue weighted by Crippen LogP contribution is 2.07. The van der Waals surface area contributed by atoms with Crippen molar-refractivity contribution in [2.45, 2.75) is 26.8 Å². The number of sulfonamides is 1. The molecule has 1 aliphatic rings. The molecule has 0 unspecified atom stereocenters. The molecule has 1 fully saturated rings. The fourth-order valence-corrected chi connectivity index (χ4v) is 3.35. The van der Waals surface area contributed by atoms with Crippen LogP contribution in [0.1, 0.15) is 26.0 Å². The Balaban J connectivity index is 0.00000364. The van der Waals surface area contributed by atoms with E-state index in [4.69, 9.17) is 4.52 Å². The number of rotatable bonds is 9. The molecule has 0 bridgehead atoms. The highest BCUT2D eigenvalue weighted by molar-refractivity contribution is 14.0. The number of hydrogen-bond acceptors (Lipinski definition) is 6. The van der Waals surface area contributed by atoms with Gasteiger partial charge in [-0.3, -0.25) is 9.89 Å². The number of halogens is 1. The molecule has 11 heteroatoms. The van der Waals surface area contributed by atoms with Crippen LogP contribution in [0.5, 0.6) is 0 Å². The first-order valence-corrected chi connectivity index (χ1v) is 10.8. The van der Waals surface area contributed by atoms with Crippen LogP contribution in [0.25, 0.3) is 0 Å². The quantitative estimate of drug-likeness (QED) is 0.217. The number of piperazine rings is 1. The van der Waals surface area contributed by atoms with Crippen LogP contribution in [0, 0.1) is 0 Å². The normalized spacial score (nSPS) is 16.2. The van der Waals surface area contributed by atoms with Crippen LogP contribution in [-0.4, -0.2) is 80.9 Å². The molecule has 0 saturated carbocycles. The van der Waals surface area contributed by atoms with E-state index in [0.29, 0.717) is 19.5 Å². The van der Waals surface area contributed by atoms with Crippen LogP contribution in [0.3, 0.4) is 0 Å². The Morgan fingerprint density at radius 3 is 2.63 bits per heavy atom. The van der Waals surface area contributed by atoms with Gasteiger partial charge in [0.05, 0.1) is 11.4 Å². The van der Waals surface area contributed by atoms with Gasteiger partial charge in [-0.25, -0.2) is 13.1 Å². The van der Waals surface area contributed by atoms with Gasteiger partial charge in [-0.05, 0) is 20.3 Å². The summed E-state index contributed by atoms with van der Waals surface area (Å²) in [5, 5.41) is 7.28. The topological polar surface area (TPSA) is 103 Å². The van der Waals surface area contributed by atoms with E-state index in [2.05, 4.69) is 30.0 Å². The van der Waals surface area contributed by atoms with Gasteiger partial charge in [-0.15, -0.1) is 24.0 Å². The average Bonchev–Trinajstić information content (AvgIpc) is 3.14. The van der Waals surface area contributed by atoms with Crippen LogP contribution in [0.2, 0.25) is 0 Å². The predicted octanol–water partition coefficient (Wildman–Crippen LogP) is 0.705. The zero-order valence-electron chi connectivity index (χ0n) is 16.1. The Kier molecular flexibility index (Phi) is 11.2. The molecule has 0 radical (unpaired) electrons. The first kappa shape index (κ1) is 24.1. The van der Waals surface area contributed by atoms with Crippen LogP contribution in [0.15, 0.2) is 21.8 Å². The van der Waals surface area contributed by atoms with Crippen molar-refractivity contribution >= 4 is 40.0 Å². The maximum atomic E-state index is 11.4. The van der Waals surface area contributed by atoms with Crippen molar-refractivity contribution in [3.8, 4) is 0 Å². The molecule has 1 aromatic heterocycles. The minimum Gasteiger partial charge on any atom is -0.364 e. The fraction of sp³-hybridized carbons (Fsp3) is 0.750. The molecule has 0 spiro atoms. The van der Waals surface area contributed by atoms with Gasteiger partial charge >= 0.3 is 0 Å². The lowest BCUT2D eigenvalue weighted by molar-refractivity contribution is 0.169. The van der Waals surface area contributed by atoms with Gasteiger partial charge in [0.25, 0.3) is 0 Å². The average molecular weight is 514 g/mol. The molecule has 9 nitrogen and oxygen atoms in total. The Hall–Kier alpha value is -0.920. The van der Waals surface area contributed by atoms with Gasteiger partial charge in [0, 0.05) is 58.4 Å². The molecule has 0 aromatic carbocycles. The summed E-state index contributed by atoms with van der Waals surface area (Å²) in [5.74, 6) is 1.00. The van der Waals surface area contributed by atoms with Crippen LogP contribution < -0.4 is 10.0 Å². The SMILES string of the molecule is CCNC(=NCCCNS(=O)(=O)CC)N1CCN(Cc2ccon2)CC1.I. The maximum absolute atomic E-state index is 11.4. The third-order valence-electron chi connectivity index (χ3n) is 4.18. The molecule has 2 heterocycles. The minimum absolute atomic E-state index is 0. The molecular formula is C16H31IN6O3S. The Morgan fingerprint density at radius 2 is 2.04 bits per heavy atom. The summed E-state index contributed by atoms with van der Waals surface area (Å²) in [4.78, 5) is 9.23. The molecule has 27 heavy (non-hydrogen) atoms. The van der Waals surface area contributed by atoms with E-state index in [1.165, 1.54) is 0 Å². The minimum atomic E-state index is -3.12. The Bertz CT molecular complexity index is 645. The van der Waals surface area contributed by atoms with Crippen molar-refractivity contribution < 1.29 is 12.9 Å². The van der Waals surface area contributed by atoms with Crippen molar-refractivity contribution in [2.75, 3.05) is 51.6 Å². The molecular weight excluding hydrogens is 483 g/mol. The summed E-state index contributed by atoms with van der Waals surface area (Å²) in [5.41, 5.74) is 0.952. The number of nitrogens with one attached hydrogen (secondary N) is 2. The lowest BCUT2D eigenvalue weighted by atomic mass is 10.3. The number of hydrogen-bond donors (Lipinski definition) is 2. The van der Waals surface area contributed by atoms with Gasteiger partial charge in [0.1, 0.15) is 6.26 Å². The molecule has 2 N–H and O–H groups in total. The summed E-state index contributed by atoms with van der Waals surface area (Å²) < 4.78 is 30.3. The Labute approximate surface area is 179 Å². The molecule has 0 amide bonds. The first-order valence-electron chi connectivity index (χ1n) is 9.16. The van der Waals surface area contributed by atoms with Crippen LogP contribution >= 0.6 is 24.0 Å². The van der Waals surface area contributed by atoms with Crippen molar-refractivity contribution in [3.05, 3.63) is 18.0 Å². The fourth-order valence-electron chi connectivity index (χ4n) is 2.69. The third kappa shape index (κ3) is 8.75. The van der Waals surface area contributed by atoms with E-state index in [9.17, 15) is 8.42 Å². The zero-order valence-corrected chi connectivity index (χ0v) is 19.2. The molecule has 0 aliphatic carbocycles. The lowest BCUT2D eigenvalue weighted by Crippen LogP contribution is -2.52. The standard InChI is InChI=1S/C16H30N6O3S.HI/c1-3-17-16(18-7-5-8-19-26(23,24)4-2)22-11-9-21(10-12-22)14-15-6-13-25-20-15;/h6,13,19H,3-5,7-12,14H2,1-2H3,(H,17,18);1H. The summed E-state index contributed by atoms with van der Waals surface area (Å²) in [7, 11) is -3.12. The van der Waals surface area contributed by atoms with Crippen LogP contribution in [-0.2, 0) is 16.6 Å². The number of nitrogens with zero attached hydrogens (tertiary/aromatic N) is 4. The Morgan fingerprint density at radius 1 is 1.30 bits per heavy atom. The van der Waals surface area contributed by atoms with Gasteiger partial charge in [0.15, 0.2) is 5.96 Å². The second-order valence-corrected chi connectivity index (χ2v) is 8.24. The van der Waals surface area contributed by atoms with Crippen molar-refractivity contribution in [2.24, 2.45) is 4.99 Å². The van der Waals surface area contributed by atoms with E-state index < -0.39 is 10.0 Å². The van der Waals surface area contributed by atoms with E-state index in [1.807, 2.05) is 13.0 Å². The number of aliphatic imine (C=N–C) groups is 1. The highest BCUT2D eigenvalue weighted by atomic mass is 127. The predicted molar refractivity (Wildman–Crippen MR) is 117 cm³/mol. The van der Waals surface area contributed by atoms with E-state index >= 15 is 0 Å². The molecule has 1 aliphatic heterocycles. The highest BCUT2D eigenvalue weighted by Gasteiger charge is 2.20. The molecule has 0 atom stereocenters. The lowest BCUT2D eigenvalue weighted by Gasteiger charge is -2.36. The van der Waals surface area contributed by atoms with E-state index in [0.717, 1.165) is 50.9 Å². The van der Waals surface area contributed by atoms with Gasteiger partial charge in [-0.1, -0.05) is 5.16 Å². The van der Waals surface area contributed by atoms with Crippen molar-refractivity contribution in [1.82, 2.24) is 25.0 Å². The summed E-state index contributed by atoms with van der Waals surface area (Å²) in [6.07, 6.45) is 2.28. The number of guanidine groups is 1. The second kappa shape index (κ2) is 12.5.